The number of ether oxygens (including phenoxy) is 2. The number of rotatable bonds is 8. The van der Waals surface area contributed by atoms with Gasteiger partial charge in [-0.15, -0.1) is 24.8 Å². The fourth-order valence-corrected chi connectivity index (χ4v) is 3.18. The number of nitrogens with one attached hydrogen (secondary N) is 1. The van der Waals surface area contributed by atoms with Gasteiger partial charge in [0.15, 0.2) is 0 Å². The van der Waals surface area contributed by atoms with E-state index in [0.717, 1.165) is 50.7 Å². The number of nitrogens with zero attached hydrogens (tertiary/aromatic N) is 1. The Bertz CT molecular complexity index is 766. The van der Waals surface area contributed by atoms with E-state index in [0.29, 0.717) is 12.1 Å². The largest absolute Gasteiger partial charge is 0.496 e. The number of hydrogen-bond donors (Lipinski definition) is 2. The topological polar surface area (TPSA) is 71.0 Å². The summed E-state index contributed by atoms with van der Waals surface area (Å²) in [6, 6.07) is 13.2. The van der Waals surface area contributed by atoms with Crippen molar-refractivity contribution in [3.05, 3.63) is 64.7 Å². The zero-order chi connectivity index (χ0) is 19.1. The molecule has 1 saturated heterocycles. The van der Waals surface area contributed by atoms with Crippen LogP contribution >= 0.6 is 24.8 Å². The molecule has 0 aromatic heterocycles. The van der Waals surface area contributed by atoms with Crippen LogP contribution in [0, 0.1) is 0 Å². The monoisotopic (exact) mass is 442 g/mol. The van der Waals surface area contributed by atoms with Crippen molar-refractivity contribution >= 4 is 30.8 Å². The molecule has 29 heavy (non-hydrogen) atoms. The highest BCUT2D eigenvalue weighted by Gasteiger charge is 2.14. The van der Waals surface area contributed by atoms with Crippen LogP contribution in [-0.4, -0.2) is 49.4 Å². The van der Waals surface area contributed by atoms with E-state index in [2.05, 4.69) is 22.3 Å². The Morgan fingerprint density at radius 3 is 2.31 bits per heavy atom. The van der Waals surface area contributed by atoms with Gasteiger partial charge in [-0.1, -0.05) is 18.2 Å². The summed E-state index contributed by atoms with van der Waals surface area (Å²) in [4.78, 5) is 13.3. The third-order valence-corrected chi connectivity index (χ3v) is 4.70. The van der Waals surface area contributed by atoms with Gasteiger partial charge >= 0.3 is 5.97 Å². The van der Waals surface area contributed by atoms with Crippen molar-refractivity contribution in [3.63, 3.8) is 0 Å². The van der Waals surface area contributed by atoms with Crippen molar-refractivity contribution in [2.24, 2.45) is 0 Å². The standard InChI is InChI=1S/C21H26N2O4.2ClH/c1-26-20-7-4-17(12-19(20)15-23-8-10-27-11-9-23)14-22-13-16-2-5-18(6-3-16)21(24)25;;/h2-7,12,22H,8-11,13-15H2,1H3,(H,24,25);2*1H. The number of carbonyl (C=O) groups is 1. The molecule has 1 heterocycles. The maximum Gasteiger partial charge on any atom is 0.335 e. The van der Waals surface area contributed by atoms with Gasteiger partial charge in [-0.2, -0.15) is 0 Å². The van der Waals surface area contributed by atoms with Crippen molar-refractivity contribution in [1.29, 1.82) is 0 Å². The molecule has 0 radical (unpaired) electrons. The molecule has 2 aromatic rings. The maximum atomic E-state index is 10.9. The van der Waals surface area contributed by atoms with Crippen molar-refractivity contribution in [2.45, 2.75) is 19.6 Å². The fraction of sp³-hybridized carbons (Fsp3) is 0.381. The van der Waals surface area contributed by atoms with Gasteiger partial charge in [0, 0.05) is 38.3 Å². The van der Waals surface area contributed by atoms with Crippen molar-refractivity contribution in [1.82, 2.24) is 10.2 Å². The molecule has 0 aliphatic carbocycles. The number of aromatic carboxylic acids is 1. The first-order valence-corrected chi connectivity index (χ1v) is 9.14. The second-order valence-corrected chi connectivity index (χ2v) is 6.64. The average Bonchev–Trinajstić information content (AvgIpc) is 2.69. The lowest BCUT2D eigenvalue weighted by molar-refractivity contribution is 0.0339. The molecule has 6 nitrogen and oxygen atoms in total. The molecule has 0 saturated carbocycles. The minimum absolute atomic E-state index is 0. The van der Waals surface area contributed by atoms with Gasteiger partial charge in [-0.05, 0) is 35.4 Å². The van der Waals surface area contributed by atoms with Crippen molar-refractivity contribution in [2.75, 3.05) is 33.4 Å². The lowest BCUT2D eigenvalue weighted by Crippen LogP contribution is -2.35. The molecular formula is C21H28Cl2N2O4. The van der Waals surface area contributed by atoms with Crippen LogP contribution in [0.5, 0.6) is 5.75 Å². The molecule has 0 unspecified atom stereocenters. The van der Waals surface area contributed by atoms with E-state index in [-0.39, 0.29) is 24.8 Å². The highest BCUT2D eigenvalue weighted by atomic mass is 35.5. The Morgan fingerprint density at radius 1 is 1.07 bits per heavy atom. The van der Waals surface area contributed by atoms with E-state index in [1.807, 2.05) is 18.2 Å². The third kappa shape index (κ3) is 7.49. The second-order valence-electron chi connectivity index (χ2n) is 6.64. The maximum absolute atomic E-state index is 10.9. The van der Waals surface area contributed by atoms with E-state index in [1.54, 1.807) is 19.2 Å². The summed E-state index contributed by atoms with van der Waals surface area (Å²) in [5.74, 6) is 0.00930. The van der Waals surface area contributed by atoms with Gasteiger partial charge in [0.05, 0.1) is 25.9 Å². The Hall–Kier alpha value is -1.83. The smallest absolute Gasteiger partial charge is 0.335 e. The summed E-state index contributed by atoms with van der Waals surface area (Å²) in [6.45, 7) is 5.73. The van der Waals surface area contributed by atoms with Crippen LogP contribution < -0.4 is 10.1 Å². The predicted molar refractivity (Wildman–Crippen MR) is 118 cm³/mol. The van der Waals surface area contributed by atoms with Crippen LogP contribution in [0.25, 0.3) is 0 Å². The van der Waals surface area contributed by atoms with Gasteiger partial charge in [0.1, 0.15) is 5.75 Å². The Morgan fingerprint density at radius 2 is 1.69 bits per heavy atom. The number of carboxylic acids is 1. The number of halogens is 2. The van der Waals surface area contributed by atoms with Gasteiger partial charge in [-0.25, -0.2) is 4.79 Å². The molecule has 1 fully saturated rings. The molecule has 0 amide bonds. The molecule has 2 aromatic carbocycles. The molecule has 0 spiro atoms. The fourth-order valence-electron chi connectivity index (χ4n) is 3.18. The minimum atomic E-state index is -0.902. The molecule has 3 rings (SSSR count). The van der Waals surface area contributed by atoms with Crippen LogP contribution in [-0.2, 0) is 24.4 Å². The van der Waals surface area contributed by atoms with Crippen molar-refractivity contribution < 1.29 is 19.4 Å². The predicted octanol–water partition coefficient (Wildman–Crippen LogP) is 3.36. The first kappa shape index (κ1) is 25.2. The Balaban J connectivity index is 0.00000210. The number of benzene rings is 2. The number of morpholine rings is 1. The quantitative estimate of drug-likeness (QED) is 0.652. The van der Waals surface area contributed by atoms with Crippen LogP contribution in [0.15, 0.2) is 42.5 Å². The van der Waals surface area contributed by atoms with Crippen LogP contribution in [0.2, 0.25) is 0 Å². The van der Waals surface area contributed by atoms with E-state index in [1.165, 1.54) is 11.1 Å². The highest BCUT2D eigenvalue weighted by Crippen LogP contribution is 2.22. The molecule has 2 N–H and O–H groups in total. The average molecular weight is 443 g/mol. The molecule has 8 heteroatoms. The first-order valence-electron chi connectivity index (χ1n) is 9.14. The number of carboxylic acid groups (broad SMARTS) is 1. The summed E-state index contributed by atoms with van der Waals surface area (Å²) in [5, 5.41) is 12.4. The molecule has 1 aliphatic heterocycles. The van der Waals surface area contributed by atoms with Gasteiger partial charge in [0.25, 0.3) is 0 Å². The van der Waals surface area contributed by atoms with E-state index < -0.39 is 5.97 Å². The summed E-state index contributed by atoms with van der Waals surface area (Å²) >= 11 is 0. The van der Waals surface area contributed by atoms with Gasteiger partial charge in [-0.3, -0.25) is 4.90 Å². The Kier molecular flexibility index (Phi) is 11.0. The minimum Gasteiger partial charge on any atom is -0.496 e. The number of methoxy groups -OCH3 is 1. The normalized spacial score (nSPS) is 13.8. The van der Waals surface area contributed by atoms with Crippen LogP contribution in [0.4, 0.5) is 0 Å². The molecule has 1 aliphatic rings. The summed E-state index contributed by atoms with van der Waals surface area (Å²) < 4.78 is 10.9. The SMILES string of the molecule is COc1ccc(CNCc2ccc(C(=O)O)cc2)cc1CN1CCOCC1.Cl.Cl. The summed E-state index contributed by atoms with van der Waals surface area (Å²) in [7, 11) is 1.71. The van der Waals surface area contributed by atoms with Crippen LogP contribution in [0.1, 0.15) is 27.0 Å². The lowest BCUT2D eigenvalue weighted by atomic mass is 10.1. The van der Waals surface area contributed by atoms with E-state index in [9.17, 15) is 4.79 Å². The van der Waals surface area contributed by atoms with Gasteiger partial charge in [0.2, 0.25) is 0 Å². The lowest BCUT2D eigenvalue weighted by Gasteiger charge is -2.27. The summed E-state index contributed by atoms with van der Waals surface area (Å²) in [5.41, 5.74) is 3.74. The first-order chi connectivity index (χ1) is 13.2. The van der Waals surface area contributed by atoms with Gasteiger partial charge < -0.3 is 19.9 Å². The Labute approximate surface area is 184 Å². The third-order valence-electron chi connectivity index (χ3n) is 4.70. The second kappa shape index (κ2) is 12.7. The molecule has 0 bridgehead atoms. The van der Waals surface area contributed by atoms with E-state index in [4.69, 9.17) is 14.6 Å². The van der Waals surface area contributed by atoms with Crippen LogP contribution in [0.3, 0.4) is 0 Å². The zero-order valence-electron chi connectivity index (χ0n) is 16.4. The highest BCUT2D eigenvalue weighted by molar-refractivity contribution is 5.87. The van der Waals surface area contributed by atoms with Crippen molar-refractivity contribution in [3.8, 4) is 5.75 Å². The summed E-state index contributed by atoms with van der Waals surface area (Å²) in [6.07, 6.45) is 0. The zero-order valence-corrected chi connectivity index (χ0v) is 18.1. The molecule has 0 atom stereocenters. The molecule has 160 valence electrons. The molecular weight excluding hydrogens is 415 g/mol. The number of hydrogen-bond acceptors (Lipinski definition) is 5. The van der Waals surface area contributed by atoms with E-state index >= 15 is 0 Å².